The van der Waals surface area contributed by atoms with E-state index in [0.29, 0.717) is 46.0 Å². The largest absolute Gasteiger partial charge is 0.481 e. The van der Waals surface area contributed by atoms with Crippen molar-refractivity contribution in [2.75, 3.05) is 28.7 Å². The third-order valence-electron chi connectivity index (χ3n) is 18.3. The molecule has 5 aromatic rings. The summed E-state index contributed by atoms with van der Waals surface area (Å²) in [6.07, 6.45) is 5.55. The molecule has 0 spiro atoms. The average Bonchev–Trinajstić information content (AvgIpc) is 1.56. The molecule has 7 N–H and O–H groups in total. The van der Waals surface area contributed by atoms with Crippen LogP contribution in [0.3, 0.4) is 0 Å². The van der Waals surface area contributed by atoms with Gasteiger partial charge in [0.1, 0.15) is 19.3 Å². The summed E-state index contributed by atoms with van der Waals surface area (Å²) in [6, 6.07) is 27.4. The Morgan fingerprint density at radius 2 is 1.62 bits per heavy atom. The second-order valence-corrected chi connectivity index (χ2v) is 24.6. The summed E-state index contributed by atoms with van der Waals surface area (Å²) in [5, 5.41) is 42.4. The topological polar surface area (TPSA) is 289 Å². The minimum absolute atomic E-state index is 0.0272. The van der Waals surface area contributed by atoms with E-state index in [1.54, 1.807) is 59.6 Å². The number of aliphatic hydroxyl groups excluding tert-OH is 2. The number of carboxylic acids is 1. The zero-order chi connectivity index (χ0) is 61.2. The van der Waals surface area contributed by atoms with Gasteiger partial charge in [-0.1, -0.05) is 104 Å². The number of Topliss-reactive ketones (excluding diaryl/α,β-unsaturated/α-hetero) is 1. The van der Waals surface area contributed by atoms with Crippen molar-refractivity contribution in [2.45, 2.75) is 115 Å². The van der Waals surface area contributed by atoms with E-state index in [0.717, 1.165) is 40.0 Å². The fourth-order valence-corrected chi connectivity index (χ4v) is 14.9. The van der Waals surface area contributed by atoms with Crippen LogP contribution in [0.1, 0.15) is 110 Å². The number of fused-ring (bicyclic) bond motifs is 9. The molecule has 87 heavy (non-hydrogen) atoms. The molecule has 0 radical (unpaired) electrons. The van der Waals surface area contributed by atoms with E-state index in [1.165, 1.54) is 11.3 Å². The van der Waals surface area contributed by atoms with Gasteiger partial charge >= 0.3 is 12.1 Å². The lowest BCUT2D eigenvalue weighted by atomic mass is 9.46. The Hall–Kier alpha value is -8.65. The Morgan fingerprint density at radius 3 is 2.39 bits per heavy atom. The van der Waals surface area contributed by atoms with Gasteiger partial charge in [-0.25, -0.2) is 9.78 Å². The van der Waals surface area contributed by atoms with E-state index in [2.05, 4.69) is 45.0 Å². The molecule has 5 amide bonds. The van der Waals surface area contributed by atoms with Gasteiger partial charge in [0.15, 0.2) is 28.6 Å². The van der Waals surface area contributed by atoms with E-state index in [1.807, 2.05) is 73.7 Å². The Labute approximate surface area is 505 Å². The van der Waals surface area contributed by atoms with Crippen LogP contribution >= 0.6 is 11.3 Å². The molecule has 4 fully saturated rings. The summed E-state index contributed by atoms with van der Waals surface area (Å²) in [6.45, 7) is 2.96. The summed E-state index contributed by atoms with van der Waals surface area (Å²) < 4.78 is 18.8. The third-order valence-corrected chi connectivity index (χ3v) is 19.2. The van der Waals surface area contributed by atoms with Gasteiger partial charge in [-0.05, 0) is 103 Å². The maximum absolute atomic E-state index is 14.0. The number of anilines is 3. The van der Waals surface area contributed by atoms with Gasteiger partial charge in [0.05, 0.1) is 31.0 Å². The number of thiazole rings is 1. The summed E-state index contributed by atoms with van der Waals surface area (Å²) in [5.74, 6) is 2.13. The van der Waals surface area contributed by atoms with Crippen LogP contribution in [0.5, 0.6) is 0 Å². The second-order valence-electron chi connectivity index (χ2n) is 23.5. The number of para-hydroxylation sites is 1. The fourth-order valence-electron chi connectivity index (χ4n) is 14.1. The highest BCUT2D eigenvalue weighted by molar-refractivity contribution is 7.15. The lowest BCUT2D eigenvalue weighted by Crippen LogP contribution is -2.63. The van der Waals surface area contributed by atoms with E-state index in [9.17, 15) is 53.7 Å². The van der Waals surface area contributed by atoms with Gasteiger partial charge in [0.2, 0.25) is 23.6 Å². The first-order valence-corrected chi connectivity index (χ1v) is 29.9. The van der Waals surface area contributed by atoms with Crippen LogP contribution < -0.4 is 26.2 Å². The van der Waals surface area contributed by atoms with Crippen LogP contribution in [0.25, 0.3) is 0 Å². The molecule has 6 aliphatic rings. The monoisotopic (exact) mass is 1200 g/mol. The number of aliphatic carboxylic acids is 1. The van der Waals surface area contributed by atoms with Crippen molar-refractivity contribution in [2.24, 2.45) is 28.6 Å². The third kappa shape index (κ3) is 12.2. The molecule has 2 aliphatic heterocycles. The highest BCUT2D eigenvalue weighted by Crippen LogP contribution is 2.70. The molecule has 11 rings (SSSR count). The van der Waals surface area contributed by atoms with Crippen molar-refractivity contribution in [3.63, 3.8) is 0 Å². The number of amides is 5. The molecule has 10 atom stereocenters. The molecule has 450 valence electrons. The quantitative estimate of drug-likeness (QED) is 0.0402. The number of allylic oxidation sites excluding steroid dienone is 4. The SMILES string of the molecule is C[C@]12C=CC(=O)C=C1CC[C@@H]1[C@@H]2[C@@H](O)C[C@@]2(C)[C@H]1C[C@H]1O[C@H](c3ccc(Cc4cnc(NC(=O)OCc5ccc(NC(=O)[C@H](CCC(=O)O)NC(=O)CNC(=O)CCC(=O)N6Cc7ccccc7C#Cc7ccccc76)cc5)s4)cc3)O[C@]12C(=O)CO. The first kappa shape index (κ1) is 60.1. The summed E-state index contributed by atoms with van der Waals surface area (Å²) in [7, 11) is 0. The first-order valence-electron chi connectivity index (χ1n) is 29.1. The van der Waals surface area contributed by atoms with Crippen molar-refractivity contribution in [1.29, 1.82) is 0 Å². The first-order chi connectivity index (χ1) is 41.8. The number of ketones is 2. The van der Waals surface area contributed by atoms with Crippen molar-refractivity contribution >= 4 is 75.1 Å². The van der Waals surface area contributed by atoms with Gasteiger partial charge in [-0.2, -0.15) is 0 Å². The van der Waals surface area contributed by atoms with Crippen LogP contribution in [0, 0.1) is 40.4 Å². The minimum Gasteiger partial charge on any atom is -0.481 e. The van der Waals surface area contributed by atoms with Crippen LogP contribution in [0.4, 0.5) is 21.3 Å². The van der Waals surface area contributed by atoms with Gasteiger partial charge in [-0.15, -0.1) is 11.3 Å². The number of hydrogen-bond acceptors (Lipinski definition) is 15. The number of hydrogen-bond donors (Lipinski definition) is 7. The number of nitrogens with zero attached hydrogens (tertiary/aromatic N) is 2. The maximum Gasteiger partial charge on any atom is 0.413 e. The van der Waals surface area contributed by atoms with E-state index in [4.69, 9.17) is 14.2 Å². The smallest absolute Gasteiger partial charge is 0.413 e. The molecule has 3 saturated carbocycles. The van der Waals surface area contributed by atoms with E-state index in [-0.39, 0.29) is 68.3 Å². The Balaban J connectivity index is 0.624. The predicted octanol–water partition coefficient (Wildman–Crippen LogP) is 7.22. The number of carbonyl (C=O) groups excluding carboxylic acids is 7. The number of nitrogens with one attached hydrogen (secondary N) is 4. The number of aliphatic hydroxyl groups is 2. The van der Waals surface area contributed by atoms with Gasteiger partial charge in [0.25, 0.3) is 0 Å². The molecule has 1 aromatic heterocycles. The number of ether oxygens (including phenoxy) is 3. The van der Waals surface area contributed by atoms with E-state index >= 15 is 0 Å². The Bertz CT molecular complexity index is 3680. The molecular formula is C66H66N6O14S. The molecule has 21 heteroatoms. The average molecular weight is 1200 g/mol. The van der Waals surface area contributed by atoms with Crippen LogP contribution in [0.2, 0.25) is 0 Å². The second kappa shape index (κ2) is 25.0. The molecule has 1 saturated heterocycles. The van der Waals surface area contributed by atoms with Gasteiger partial charge in [0, 0.05) is 75.9 Å². The maximum atomic E-state index is 14.0. The molecule has 0 bridgehead atoms. The number of aromatic nitrogens is 1. The van der Waals surface area contributed by atoms with E-state index < -0.39 is 96.1 Å². The summed E-state index contributed by atoms with van der Waals surface area (Å²) >= 11 is 1.27. The van der Waals surface area contributed by atoms with Gasteiger partial charge < -0.3 is 50.4 Å². The number of benzene rings is 4. The lowest BCUT2D eigenvalue weighted by molar-refractivity contribution is -0.201. The predicted molar refractivity (Wildman–Crippen MR) is 318 cm³/mol. The minimum atomic E-state index is -1.47. The molecule has 20 nitrogen and oxygen atoms in total. The number of carboxylic acid groups (broad SMARTS) is 1. The molecular weight excluding hydrogens is 1130 g/mol. The molecule has 4 aromatic carbocycles. The lowest BCUT2D eigenvalue weighted by Gasteiger charge is -2.59. The summed E-state index contributed by atoms with van der Waals surface area (Å²) in [5.41, 5.74) is 3.71. The van der Waals surface area contributed by atoms with Crippen molar-refractivity contribution in [3.8, 4) is 11.8 Å². The van der Waals surface area contributed by atoms with Gasteiger partial charge in [-0.3, -0.25) is 38.9 Å². The highest BCUT2D eigenvalue weighted by Gasteiger charge is 2.76. The van der Waals surface area contributed by atoms with Crippen molar-refractivity contribution < 1.29 is 67.9 Å². The zero-order valence-corrected chi connectivity index (χ0v) is 48.7. The summed E-state index contributed by atoms with van der Waals surface area (Å²) in [4.78, 5) is 110. The normalized spacial score (nSPS) is 25.8. The standard InChI is InChI=1S/C66H66N6O14S/c1-64-28-27-46(74)30-44(64)19-22-48-49-31-54-66(53(76)36-73,65(49,2)32-52(75)59(48)64)86-61(85-54)42-15-11-38(12-16-42)29-47-33-68-62(87-47)71-63(83)84-37-39-13-20-45(21-14-39)69-60(82)50(23-26-58(80)81)70-56(78)34-67-55(77)24-25-57(79)72-35-43-9-4-3-7-40(43)17-18-41-8-5-6-10-51(41)72/h3-16,20-21,27-28,30,33,48-50,52,54,59,61,73,75H,19,22-26,29,31-32,34-37H2,1-2H3,(H,67,77)(H,69,82)(H,70,78)(H,80,81)(H,68,71,83)/t48-,49-,50-,52-,54+,59+,61-,64-,65-,66+/m0/s1. The van der Waals surface area contributed by atoms with Crippen LogP contribution in [0.15, 0.2) is 127 Å². The molecule has 3 heterocycles. The van der Waals surface area contributed by atoms with Crippen molar-refractivity contribution in [1.82, 2.24) is 15.6 Å². The zero-order valence-electron chi connectivity index (χ0n) is 47.9. The number of rotatable bonds is 19. The molecule has 4 aliphatic carbocycles. The highest BCUT2D eigenvalue weighted by atomic mass is 32.1. The Kier molecular flexibility index (Phi) is 17.2. The van der Waals surface area contributed by atoms with Crippen LogP contribution in [-0.2, 0) is 67.3 Å². The Morgan fingerprint density at radius 1 is 0.885 bits per heavy atom. The van der Waals surface area contributed by atoms with Crippen LogP contribution in [-0.4, -0.2) is 105 Å². The van der Waals surface area contributed by atoms with Crippen molar-refractivity contribution in [3.05, 3.63) is 165 Å². The fraction of sp³-hybridized carbons (Fsp3) is 0.379. The molecule has 0 unspecified atom stereocenters. The number of carbonyl (C=O) groups is 8.